The maximum Gasteiger partial charge on any atom is 0.255 e. The maximum atomic E-state index is 12.7. The number of aryl methyl sites for hydroxylation is 1. The van der Waals surface area contributed by atoms with Crippen molar-refractivity contribution in [3.8, 4) is 0 Å². The number of rotatable bonds is 4. The van der Waals surface area contributed by atoms with Crippen LogP contribution in [0.25, 0.3) is 0 Å². The van der Waals surface area contributed by atoms with Gasteiger partial charge in [0.2, 0.25) is 5.91 Å². The minimum Gasteiger partial charge on any atom is -0.322 e. The standard InChI is InChI=1S/C27H28N2O2S/c1-18-7-5-6-8-23(18)25(31)28-21-13-9-19(10-14-21)26-29(24(30)17-32-26)22-15-11-20(12-16-22)27(2,3)4/h5-16,26H,17H2,1-4H3,(H,28,31). The van der Waals surface area contributed by atoms with E-state index >= 15 is 0 Å². The van der Waals surface area contributed by atoms with Crippen LogP contribution in [0.3, 0.4) is 0 Å². The summed E-state index contributed by atoms with van der Waals surface area (Å²) in [6, 6.07) is 23.6. The molecule has 1 saturated heterocycles. The molecule has 5 heteroatoms. The fraction of sp³-hybridized carbons (Fsp3) is 0.259. The Hall–Kier alpha value is -3.05. The zero-order valence-corrected chi connectivity index (χ0v) is 19.7. The van der Waals surface area contributed by atoms with Crippen molar-refractivity contribution in [1.82, 2.24) is 0 Å². The number of carbonyl (C=O) groups excluding carboxylic acids is 2. The van der Waals surface area contributed by atoms with Crippen molar-refractivity contribution < 1.29 is 9.59 Å². The van der Waals surface area contributed by atoms with E-state index in [9.17, 15) is 9.59 Å². The van der Waals surface area contributed by atoms with E-state index in [-0.39, 0.29) is 22.6 Å². The molecule has 2 amide bonds. The topological polar surface area (TPSA) is 49.4 Å². The van der Waals surface area contributed by atoms with Crippen molar-refractivity contribution in [2.45, 2.75) is 38.5 Å². The van der Waals surface area contributed by atoms with Crippen LogP contribution in [-0.4, -0.2) is 17.6 Å². The zero-order chi connectivity index (χ0) is 22.9. The zero-order valence-electron chi connectivity index (χ0n) is 18.9. The molecule has 1 aliphatic heterocycles. The number of thioether (sulfide) groups is 1. The summed E-state index contributed by atoms with van der Waals surface area (Å²) < 4.78 is 0. The minimum absolute atomic E-state index is 0.0697. The summed E-state index contributed by atoms with van der Waals surface area (Å²) in [7, 11) is 0. The molecule has 0 radical (unpaired) electrons. The summed E-state index contributed by atoms with van der Waals surface area (Å²) in [5.41, 5.74) is 5.60. The third-order valence-electron chi connectivity index (χ3n) is 5.72. The molecule has 0 aromatic heterocycles. The van der Waals surface area contributed by atoms with Gasteiger partial charge >= 0.3 is 0 Å². The molecule has 164 valence electrons. The van der Waals surface area contributed by atoms with E-state index in [4.69, 9.17) is 0 Å². The summed E-state index contributed by atoms with van der Waals surface area (Å²) in [5, 5.41) is 2.88. The normalized spacial score (nSPS) is 16.3. The first-order valence-electron chi connectivity index (χ1n) is 10.8. The molecule has 1 unspecified atom stereocenters. The van der Waals surface area contributed by atoms with Crippen molar-refractivity contribution in [2.75, 3.05) is 16.0 Å². The molecule has 3 aromatic rings. The van der Waals surface area contributed by atoms with E-state index in [2.05, 4.69) is 38.2 Å². The maximum absolute atomic E-state index is 12.7. The Balaban J connectivity index is 1.52. The van der Waals surface area contributed by atoms with Crippen LogP contribution < -0.4 is 10.2 Å². The first-order valence-corrected chi connectivity index (χ1v) is 11.8. The third-order valence-corrected chi connectivity index (χ3v) is 6.94. The lowest BCUT2D eigenvalue weighted by Crippen LogP contribution is -2.28. The van der Waals surface area contributed by atoms with Crippen LogP contribution in [0.2, 0.25) is 0 Å². The lowest BCUT2D eigenvalue weighted by molar-refractivity contribution is -0.115. The Kier molecular flexibility index (Phi) is 6.11. The Morgan fingerprint density at radius 1 is 0.969 bits per heavy atom. The number of carbonyl (C=O) groups is 2. The van der Waals surface area contributed by atoms with Crippen LogP contribution in [0.5, 0.6) is 0 Å². The predicted molar refractivity (Wildman–Crippen MR) is 133 cm³/mol. The smallest absolute Gasteiger partial charge is 0.255 e. The molecule has 1 fully saturated rings. The second-order valence-electron chi connectivity index (χ2n) is 9.12. The summed E-state index contributed by atoms with van der Waals surface area (Å²) >= 11 is 1.62. The summed E-state index contributed by atoms with van der Waals surface area (Å²) in [5.74, 6) is 0.444. The van der Waals surface area contributed by atoms with Crippen molar-refractivity contribution in [3.05, 3.63) is 95.1 Å². The summed E-state index contributed by atoms with van der Waals surface area (Å²) in [6.07, 6.45) is 0. The number of nitrogens with one attached hydrogen (secondary N) is 1. The van der Waals surface area contributed by atoms with E-state index in [1.807, 2.05) is 72.5 Å². The van der Waals surface area contributed by atoms with Gasteiger partial charge in [-0.05, 0) is 59.4 Å². The average molecular weight is 445 g/mol. The molecule has 3 aromatic carbocycles. The van der Waals surface area contributed by atoms with Gasteiger partial charge in [-0.2, -0.15) is 0 Å². The fourth-order valence-electron chi connectivity index (χ4n) is 3.83. The van der Waals surface area contributed by atoms with E-state index in [0.29, 0.717) is 11.3 Å². The van der Waals surface area contributed by atoms with Gasteiger partial charge in [0.1, 0.15) is 5.37 Å². The van der Waals surface area contributed by atoms with Gasteiger partial charge < -0.3 is 5.32 Å². The summed E-state index contributed by atoms with van der Waals surface area (Å²) in [6.45, 7) is 8.47. The first kappa shape index (κ1) is 22.2. The van der Waals surface area contributed by atoms with Gasteiger partial charge in [-0.1, -0.05) is 63.2 Å². The number of amides is 2. The van der Waals surface area contributed by atoms with Gasteiger partial charge in [0.25, 0.3) is 5.91 Å². The SMILES string of the molecule is Cc1ccccc1C(=O)Nc1ccc(C2SCC(=O)N2c2ccc(C(C)(C)C)cc2)cc1. The molecule has 0 bridgehead atoms. The van der Waals surface area contributed by atoms with Crippen LogP contribution in [0.4, 0.5) is 11.4 Å². The molecule has 1 heterocycles. The Labute approximate surface area is 194 Å². The monoisotopic (exact) mass is 444 g/mol. The van der Waals surface area contributed by atoms with Gasteiger partial charge in [0, 0.05) is 16.9 Å². The molecule has 4 nitrogen and oxygen atoms in total. The Morgan fingerprint density at radius 2 is 1.62 bits per heavy atom. The van der Waals surface area contributed by atoms with Gasteiger partial charge in [-0.25, -0.2) is 0 Å². The molecule has 0 aliphatic carbocycles. The highest BCUT2D eigenvalue weighted by Crippen LogP contribution is 2.42. The van der Waals surface area contributed by atoms with E-state index < -0.39 is 0 Å². The van der Waals surface area contributed by atoms with Crippen molar-refractivity contribution in [1.29, 1.82) is 0 Å². The first-order chi connectivity index (χ1) is 15.2. The molecule has 1 aliphatic rings. The third kappa shape index (κ3) is 4.58. The van der Waals surface area contributed by atoms with Gasteiger partial charge in [0.05, 0.1) is 5.75 Å². The van der Waals surface area contributed by atoms with E-state index in [0.717, 1.165) is 22.5 Å². The molecular formula is C27H28N2O2S. The van der Waals surface area contributed by atoms with E-state index in [1.165, 1.54) is 5.56 Å². The predicted octanol–water partition coefficient (Wildman–Crippen LogP) is 6.32. The number of nitrogens with zero attached hydrogens (tertiary/aromatic N) is 1. The van der Waals surface area contributed by atoms with Crippen LogP contribution in [0.1, 0.15) is 53.2 Å². The van der Waals surface area contributed by atoms with Crippen molar-refractivity contribution >= 4 is 35.0 Å². The Bertz CT molecular complexity index is 1130. The highest BCUT2D eigenvalue weighted by Gasteiger charge is 2.34. The molecule has 4 rings (SSSR count). The van der Waals surface area contributed by atoms with Gasteiger partial charge in [0.15, 0.2) is 0 Å². The van der Waals surface area contributed by atoms with Crippen LogP contribution in [-0.2, 0) is 10.2 Å². The van der Waals surface area contributed by atoms with Crippen LogP contribution >= 0.6 is 11.8 Å². The number of hydrogen-bond donors (Lipinski definition) is 1. The van der Waals surface area contributed by atoms with Crippen LogP contribution in [0.15, 0.2) is 72.8 Å². The average Bonchev–Trinajstić information content (AvgIpc) is 3.15. The largest absolute Gasteiger partial charge is 0.322 e. The van der Waals surface area contributed by atoms with Gasteiger partial charge in [-0.3, -0.25) is 14.5 Å². The summed E-state index contributed by atoms with van der Waals surface area (Å²) in [4.78, 5) is 27.1. The molecule has 32 heavy (non-hydrogen) atoms. The molecule has 0 spiro atoms. The van der Waals surface area contributed by atoms with Crippen LogP contribution in [0, 0.1) is 6.92 Å². The van der Waals surface area contributed by atoms with Crippen molar-refractivity contribution in [2.24, 2.45) is 0 Å². The fourth-order valence-corrected chi connectivity index (χ4v) is 5.01. The molecular weight excluding hydrogens is 416 g/mol. The second-order valence-corrected chi connectivity index (χ2v) is 10.2. The minimum atomic E-state index is -0.123. The lowest BCUT2D eigenvalue weighted by Gasteiger charge is -2.26. The highest BCUT2D eigenvalue weighted by atomic mass is 32.2. The molecule has 1 atom stereocenters. The lowest BCUT2D eigenvalue weighted by atomic mass is 9.87. The number of hydrogen-bond acceptors (Lipinski definition) is 3. The molecule has 1 N–H and O–H groups in total. The number of anilines is 2. The quantitative estimate of drug-likeness (QED) is 0.512. The number of benzene rings is 3. The molecule has 0 saturated carbocycles. The van der Waals surface area contributed by atoms with Crippen molar-refractivity contribution in [3.63, 3.8) is 0 Å². The highest BCUT2D eigenvalue weighted by molar-refractivity contribution is 8.00. The Morgan fingerprint density at radius 3 is 2.25 bits per heavy atom. The van der Waals surface area contributed by atoms with E-state index in [1.54, 1.807) is 11.8 Å². The second kappa shape index (κ2) is 8.83. The van der Waals surface area contributed by atoms with Gasteiger partial charge in [-0.15, -0.1) is 11.8 Å².